The fourth-order valence-electron chi connectivity index (χ4n) is 4.76. The summed E-state index contributed by atoms with van der Waals surface area (Å²) < 4.78 is 0. The van der Waals surface area contributed by atoms with Crippen molar-refractivity contribution in [3.63, 3.8) is 0 Å². The van der Waals surface area contributed by atoms with Crippen LogP contribution in [0.4, 0.5) is 0 Å². The molecule has 1 aromatic carbocycles. The minimum Gasteiger partial charge on any atom is -0.393 e. The summed E-state index contributed by atoms with van der Waals surface area (Å²) in [5.74, 6) is -0.167. The van der Waals surface area contributed by atoms with Crippen LogP contribution >= 0.6 is 11.3 Å². The Labute approximate surface area is 182 Å². The van der Waals surface area contributed by atoms with Crippen molar-refractivity contribution in [1.82, 2.24) is 10.2 Å². The van der Waals surface area contributed by atoms with E-state index in [0.29, 0.717) is 18.0 Å². The standard InChI is InChI=1S/C24H30N2O3S/c1-15(2)14-26-22(20-8-5-13-30-20)21(18-6-3-4-7-19(18)24(26)29)23(28)25-16-9-11-17(27)12-10-16/h3-8,13,15-17,21-22,27H,9-12,14H2,1-2H3,(H,25,28)/t16?,17?,21-,22+/m0/s1. The third-order valence-corrected chi connectivity index (χ3v) is 7.10. The molecular weight excluding hydrogens is 396 g/mol. The number of hydrogen-bond donors (Lipinski definition) is 2. The Bertz CT molecular complexity index is 888. The molecule has 2 heterocycles. The SMILES string of the molecule is CC(C)CN1C(=O)c2ccccc2[C@H](C(=O)NC2CCC(O)CC2)[C@H]1c1cccs1. The summed E-state index contributed by atoms with van der Waals surface area (Å²) in [7, 11) is 0. The molecule has 4 rings (SSSR count). The minimum atomic E-state index is -0.442. The van der Waals surface area contributed by atoms with Gasteiger partial charge in [0.15, 0.2) is 0 Å². The molecule has 160 valence electrons. The molecule has 2 aliphatic rings. The van der Waals surface area contributed by atoms with Gasteiger partial charge in [-0.2, -0.15) is 0 Å². The Hall–Kier alpha value is -2.18. The normalized spacial score (nSPS) is 26.5. The number of carbonyl (C=O) groups excluding carboxylic acids is 2. The molecule has 2 amide bonds. The van der Waals surface area contributed by atoms with E-state index in [1.807, 2.05) is 46.7 Å². The number of nitrogens with one attached hydrogen (secondary N) is 1. The highest BCUT2D eigenvalue weighted by Gasteiger charge is 2.45. The molecule has 2 atom stereocenters. The van der Waals surface area contributed by atoms with Gasteiger partial charge < -0.3 is 15.3 Å². The topological polar surface area (TPSA) is 69.6 Å². The van der Waals surface area contributed by atoms with Crippen LogP contribution in [-0.4, -0.2) is 40.5 Å². The molecule has 0 radical (unpaired) electrons. The monoisotopic (exact) mass is 426 g/mol. The zero-order valence-electron chi connectivity index (χ0n) is 17.6. The lowest BCUT2D eigenvalue weighted by atomic mass is 9.80. The second-order valence-corrected chi connectivity index (χ2v) is 9.87. The third kappa shape index (κ3) is 4.16. The van der Waals surface area contributed by atoms with Gasteiger partial charge in [-0.15, -0.1) is 11.3 Å². The van der Waals surface area contributed by atoms with Crippen LogP contribution in [0.15, 0.2) is 41.8 Å². The van der Waals surface area contributed by atoms with E-state index in [2.05, 4.69) is 19.2 Å². The zero-order valence-corrected chi connectivity index (χ0v) is 18.4. The van der Waals surface area contributed by atoms with Gasteiger partial charge in [-0.05, 0) is 54.7 Å². The van der Waals surface area contributed by atoms with Crippen molar-refractivity contribution in [3.8, 4) is 0 Å². The molecular formula is C24H30N2O3S. The Morgan fingerprint density at radius 1 is 1.17 bits per heavy atom. The van der Waals surface area contributed by atoms with E-state index in [0.717, 1.165) is 36.1 Å². The summed E-state index contributed by atoms with van der Waals surface area (Å²) in [6.45, 7) is 4.80. The summed E-state index contributed by atoms with van der Waals surface area (Å²) in [6, 6.07) is 11.3. The van der Waals surface area contributed by atoms with Crippen molar-refractivity contribution in [2.75, 3.05) is 6.54 Å². The molecule has 30 heavy (non-hydrogen) atoms. The highest BCUT2D eigenvalue weighted by molar-refractivity contribution is 7.10. The number of benzene rings is 1. The molecule has 0 unspecified atom stereocenters. The molecule has 1 saturated carbocycles. The number of amides is 2. The Kier molecular flexibility index (Phi) is 6.25. The molecule has 0 saturated heterocycles. The maximum absolute atomic E-state index is 13.6. The summed E-state index contributed by atoms with van der Waals surface area (Å²) in [4.78, 5) is 30.0. The fraction of sp³-hybridized carbons (Fsp3) is 0.500. The third-order valence-electron chi connectivity index (χ3n) is 6.16. The van der Waals surface area contributed by atoms with E-state index < -0.39 is 5.92 Å². The van der Waals surface area contributed by atoms with Gasteiger partial charge in [0.1, 0.15) is 0 Å². The van der Waals surface area contributed by atoms with Crippen LogP contribution in [0.1, 0.15) is 72.3 Å². The highest BCUT2D eigenvalue weighted by atomic mass is 32.1. The number of nitrogens with zero attached hydrogens (tertiary/aromatic N) is 1. The first-order chi connectivity index (χ1) is 14.5. The molecule has 2 N–H and O–H groups in total. The lowest BCUT2D eigenvalue weighted by Gasteiger charge is -2.42. The second kappa shape index (κ2) is 8.90. The van der Waals surface area contributed by atoms with Crippen LogP contribution < -0.4 is 5.32 Å². The molecule has 0 bridgehead atoms. The number of aliphatic hydroxyl groups is 1. The maximum atomic E-state index is 13.6. The van der Waals surface area contributed by atoms with Gasteiger partial charge in [-0.25, -0.2) is 0 Å². The van der Waals surface area contributed by atoms with Crippen LogP contribution in [0.25, 0.3) is 0 Å². The molecule has 1 aliphatic heterocycles. The molecule has 1 aliphatic carbocycles. The van der Waals surface area contributed by atoms with Crippen LogP contribution in [0.2, 0.25) is 0 Å². The van der Waals surface area contributed by atoms with Gasteiger partial charge in [-0.3, -0.25) is 9.59 Å². The van der Waals surface area contributed by atoms with Crippen molar-refractivity contribution in [1.29, 1.82) is 0 Å². The van der Waals surface area contributed by atoms with Crippen LogP contribution in [-0.2, 0) is 4.79 Å². The molecule has 6 heteroatoms. The van der Waals surface area contributed by atoms with Gasteiger partial charge in [-0.1, -0.05) is 38.1 Å². The average Bonchev–Trinajstić information content (AvgIpc) is 3.25. The summed E-state index contributed by atoms with van der Waals surface area (Å²) >= 11 is 1.60. The second-order valence-electron chi connectivity index (χ2n) is 8.89. The van der Waals surface area contributed by atoms with Crippen molar-refractivity contribution < 1.29 is 14.7 Å². The first-order valence-electron chi connectivity index (χ1n) is 10.9. The maximum Gasteiger partial charge on any atom is 0.254 e. The van der Waals surface area contributed by atoms with Crippen LogP contribution in [0.3, 0.4) is 0 Å². The van der Waals surface area contributed by atoms with Gasteiger partial charge in [0.05, 0.1) is 18.1 Å². The van der Waals surface area contributed by atoms with E-state index >= 15 is 0 Å². The van der Waals surface area contributed by atoms with Crippen LogP contribution in [0.5, 0.6) is 0 Å². The zero-order chi connectivity index (χ0) is 21.3. The van der Waals surface area contributed by atoms with E-state index in [1.165, 1.54) is 0 Å². The van der Waals surface area contributed by atoms with Gasteiger partial charge in [0.2, 0.25) is 5.91 Å². The lowest BCUT2D eigenvalue weighted by Crippen LogP contribution is -2.50. The van der Waals surface area contributed by atoms with Gasteiger partial charge in [0.25, 0.3) is 5.91 Å². The number of aliphatic hydroxyl groups excluding tert-OH is 1. The number of thiophene rings is 1. The van der Waals surface area contributed by atoms with E-state index in [4.69, 9.17) is 0 Å². The quantitative estimate of drug-likeness (QED) is 0.756. The molecule has 1 fully saturated rings. The molecule has 1 aromatic heterocycles. The fourth-order valence-corrected chi connectivity index (χ4v) is 5.63. The highest BCUT2D eigenvalue weighted by Crippen LogP contribution is 2.44. The minimum absolute atomic E-state index is 0.00235. The van der Waals surface area contributed by atoms with Crippen molar-refractivity contribution >= 4 is 23.2 Å². The number of fused-ring (bicyclic) bond motifs is 1. The van der Waals surface area contributed by atoms with E-state index in [-0.39, 0.29) is 30.0 Å². The van der Waals surface area contributed by atoms with E-state index in [1.54, 1.807) is 11.3 Å². The number of rotatable bonds is 5. The van der Waals surface area contributed by atoms with Crippen molar-refractivity contribution in [3.05, 3.63) is 57.8 Å². The van der Waals surface area contributed by atoms with Gasteiger partial charge in [0, 0.05) is 23.0 Å². The summed E-state index contributed by atoms with van der Waals surface area (Å²) in [5, 5.41) is 15.1. The predicted octanol–water partition coefficient (Wildman–Crippen LogP) is 4.10. The Balaban J connectivity index is 1.73. The molecule has 2 aromatic rings. The number of hydrogen-bond acceptors (Lipinski definition) is 4. The first-order valence-corrected chi connectivity index (χ1v) is 11.8. The molecule has 0 spiro atoms. The average molecular weight is 427 g/mol. The first kappa shape index (κ1) is 21.1. The van der Waals surface area contributed by atoms with Gasteiger partial charge >= 0.3 is 0 Å². The Morgan fingerprint density at radius 2 is 1.90 bits per heavy atom. The van der Waals surface area contributed by atoms with Crippen molar-refractivity contribution in [2.24, 2.45) is 5.92 Å². The largest absolute Gasteiger partial charge is 0.393 e. The van der Waals surface area contributed by atoms with Crippen molar-refractivity contribution in [2.45, 2.75) is 63.6 Å². The lowest BCUT2D eigenvalue weighted by molar-refractivity contribution is -0.125. The number of carbonyl (C=O) groups is 2. The smallest absolute Gasteiger partial charge is 0.254 e. The van der Waals surface area contributed by atoms with Crippen LogP contribution in [0, 0.1) is 5.92 Å². The predicted molar refractivity (Wildman–Crippen MR) is 119 cm³/mol. The molecule has 5 nitrogen and oxygen atoms in total. The van der Waals surface area contributed by atoms with E-state index in [9.17, 15) is 14.7 Å². The summed E-state index contributed by atoms with van der Waals surface area (Å²) in [6.07, 6.45) is 2.77. The Morgan fingerprint density at radius 3 is 2.57 bits per heavy atom. The summed E-state index contributed by atoms with van der Waals surface area (Å²) in [5.41, 5.74) is 1.44.